The van der Waals surface area contributed by atoms with Crippen molar-refractivity contribution in [3.05, 3.63) is 0 Å². The summed E-state index contributed by atoms with van der Waals surface area (Å²) in [5.41, 5.74) is 0. The molecule has 88 valence electrons. The van der Waals surface area contributed by atoms with Crippen LogP contribution in [0, 0.1) is 0 Å². The zero-order valence-corrected chi connectivity index (χ0v) is 11.5. The van der Waals surface area contributed by atoms with Gasteiger partial charge in [0.15, 0.2) is 0 Å². The molecule has 0 atom stereocenters. The second-order valence-electron chi connectivity index (χ2n) is 1.97. The first-order chi connectivity index (χ1) is 6.12. The molecule has 0 aliphatic rings. The maximum atomic E-state index is 9.52. The minimum absolute atomic E-state index is 0. The topological polar surface area (TPSA) is 155 Å². The first-order valence-corrected chi connectivity index (χ1v) is 6.36. The van der Waals surface area contributed by atoms with E-state index in [9.17, 15) is 25.9 Å². The van der Waals surface area contributed by atoms with E-state index in [1.807, 2.05) is 0 Å². The van der Waals surface area contributed by atoms with Crippen molar-refractivity contribution >= 4 is 58.0 Å². The minimum atomic E-state index is -4.17. The van der Waals surface area contributed by atoms with E-state index in [0.717, 1.165) is 0 Å². The molecule has 11 heteroatoms. The van der Waals surface area contributed by atoms with Crippen molar-refractivity contribution in [3.63, 3.8) is 0 Å². The molecule has 0 rings (SSSR count). The van der Waals surface area contributed by atoms with E-state index >= 15 is 0 Å². The molecule has 0 saturated carbocycles. The van der Waals surface area contributed by atoms with Crippen LogP contribution in [0.25, 0.3) is 0 Å². The fraction of sp³-hybridized carbons (Fsp3) is 1.00. The molecule has 0 heterocycles. The van der Waals surface area contributed by atoms with Crippen LogP contribution in [0.3, 0.4) is 0 Å². The average Bonchev–Trinajstić information content (AvgIpc) is 1.81. The van der Waals surface area contributed by atoms with Gasteiger partial charge in [-0.25, -0.2) is 16.8 Å². The maximum Gasteiger partial charge on any atom is 2.00 e. The fourth-order valence-electron chi connectivity index (χ4n) is 0.224. The van der Waals surface area contributed by atoms with Crippen LogP contribution < -0.4 is 0 Å². The van der Waals surface area contributed by atoms with E-state index in [-0.39, 0.29) is 37.7 Å². The third kappa shape index (κ3) is 31.3. The Morgan fingerprint density at radius 2 is 1.00 bits per heavy atom. The van der Waals surface area contributed by atoms with Gasteiger partial charge in [-0.15, -0.1) is 0 Å². The van der Waals surface area contributed by atoms with Gasteiger partial charge in [-0.3, -0.25) is 0 Å². The van der Waals surface area contributed by atoms with Crippen molar-refractivity contribution in [2.24, 2.45) is 0 Å². The van der Waals surface area contributed by atoms with Crippen molar-refractivity contribution in [3.8, 4) is 0 Å². The van der Waals surface area contributed by atoms with E-state index in [1.165, 1.54) is 0 Å². The normalized spacial score (nSPS) is 10.9. The second kappa shape index (κ2) is 10.2. The zero-order chi connectivity index (χ0) is 11.8. The third-order valence-corrected chi connectivity index (χ3v) is 2.05. The molecule has 0 aromatic carbocycles. The molecule has 0 aliphatic carbocycles. The molecular weight excluding hydrogens is 280 g/mol. The molecule has 8 nitrogen and oxygen atoms in total. The molecule has 0 aromatic rings. The molecule has 15 heavy (non-hydrogen) atoms. The predicted molar refractivity (Wildman–Crippen MR) is 49.1 cm³/mol. The van der Waals surface area contributed by atoms with E-state index in [4.69, 9.17) is 10.2 Å². The summed E-state index contributed by atoms with van der Waals surface area (Å²) in [5.74, 6) is -1.38. The van der Waals surface area contributed by atoms with Crippen LogP contribution in [-0.2, 0) is 20.2 Å². The Kier molecular flexibility index (Phi) is 14.4. The average molecular weight is 290 g/mol. The quantitative estimate of drug-likeness (QED) is 0.402. The van der Waals surface area contributed by atoms with Gasteiger partial charge in [-0.2, -0.15) is 0 Å². The number of aliphatic hydroxyl groups is 2. The monoisotopic (exact) mass is 290 g/mol. The van der Waals surface area contributed by atoms with Crippen LogP contribution in [-0.4, -0.2) is 98.6 Å². The summed E-state index contributed by atoms with van der Waals surface area (Å²) in [7, 11) is -8.35. The van der Waals surface area contributed by atoms with Crippen LogP contribution in [0.2, 0.25) is 0 Å². The predicted octanol–water partition coefficient (Wildman–Crippen LogP) is -3.33. The summed E-state index contributed by atoms with van der Waals surface area (Å²) in [4.78, 5) is 0. The summed E-state index contributed by atoms with van der Waals surface area (Å²) in [6.07, 6.45) is 0. The standard InChI is InChI=1S/2C2H6O4S.Ca/c2*3-1-2-7(4,5)6;/h2*3H,1-2H2,(H,4,5,6);/q;;+2/p-2. The van der Waals surface area contributed by atoms with E-state index in [0.29, 0.717) is 0 Å². The van der Waals surface area contributed by atoms with Gasteiger partial charge in [0, 0.05) is 0 Å². The van der Waals surface area contributed by atoms with Gasteiger partial charge >= 0.3 is 37.7 Å². The van der Waals surface area contributed by atoms with Gasteiger partial charge in [-0.05, 0) is 0 Å². The Hall–Kier alpha value is 1.000. The minimum Gasteiger partial charge on any atom is -0.748 e. The number of hydrogen-bond donors (Lipinski definition) is 2. The fourth-order valence-corrected chi connectivity index (χ4v) is 0.671. The molecule has 0 saturated heterocycles. The van der Waals surface area contributed by atoms with Gasteiger partial charge in [0.25, 0.3) is 0 Å². The molecule has 0 fully saturated rings. The van der Waals surface area contributed by atoms with Crippen molar-refractivity contribution in [1.82, 2.24) is 0 Å². The van der Waals surface area contributed by atoms with Crippen LogP contribution in [0.4, 0.5) is 0 Å². The second-order valence-corrected chi connectivity index (χ2v) is 5.02. The smallest absolute Gasteiger partial charge is 0.748 e. The molecular formula is C4H10CaO8S2. The van der Waals surface area contributed by atoms with Crippen molar-refractivity contribution < 1.29 is 36.2 Å². The van der Waals surface area contributed by atoms with Crippen molar-refractivity contribution in [2.75, 3.05) is 24.7 Å². The Balaban J connectivity index is -0.000000180. The summed E-state index contributed by atoms with van der Waals surface area (Å²) in [5, 5.41) is 15.6. The molecule has 0 aliphatic heterocycles. The molecule has 0 spiro atoms. The van der Waals surface area contributed by atoms with Crippen molar-refractivity contribution in [2.45, 2.75) is 0 Å². The van der Waals surface area contributed by atoms with Gasteiger partial charge in [-0.1, -0.05) is 0 Å². The Bertz CT molecular complexity index is 285. The largest absolute Gasteiger partial charge is 2.00 e. The van der Waals surface area contributed by atoms with Crippen LogP contribution in [0.15, 0.2) is 0 Å². The third-order valence-electron chi connectivity index (χ3n) is 0.683. The molecule has 0 radical (unpaired) electrons. The number of rotatable bonds is 4. The Morgan fingerprint density at radius 1 is 0.800 bits per heavy atom. The summed E-state index contributed by atoms with van der Waals surface area (Å²) < 4.78 is 57.1. The Morgan fingerprint density at radius 3 is 1.00 bits per heavy atom. The Labute approximate surface area is 118 Å². The van der Waals surface area contributed by atoms with Crippen LogP contribution in [0.5, 0.6) is 0 Å². The summed E-state index contributed by atoms with van der Waals surface area (Å²) >= 11 is 0. The van der Waals surface area contributed by atoms with E-state index in [1.54, 1.807) is 0 Å². The number of aliphatic hydroxyl groups excluding tert-OH is 2. The van der Waals surface area contributed by atoms with E-state index in [2.05, 4.69) is 0 Å². The summed E-state index contributed by atoms with van der Waals surface area (Å²) in [6, 6.07) is 0. The summed E-state index contributed by atoms with van der Waals surface area (Å²) in [6.45, 7) is -1.18. The maximum absolute atomic E-state index is 9.52. The first kappa shape index (κ1) is 21.3. The molecule has 0 amide bonds. The molecule has 2 N–H and O–H groups in total. The first-order valence-electron chi connectivity index (χ1n) is 3.21. The van der Waals surface area contributed by atoms with Crippen LogP contribution >= 0.6 is 0 Å². The van der Waals surface area contributed by atoms with Crippen molar-refractivity contribution in [1.29, 1.82) is 0 Å². The molecule has 0 bridgehead atoms. The molecule has 0 unspecified atom stereocenters. The van der Waals surface area contributed by atoms with Gasteiger partial charge in [0.05, 0.1) is 45.0 Å². The number of hydrogen-bond acceptors (Lipinski definition) is 8. The molecule has 0 aromatic heterocycles. The van der Waals surface area contributed by atoms with Crippen LogP contribution in [0.1, 0.15) is 0 Å². The van der Waals surface area contributed by atoms with E-state index < -0.39 is 45.0 Å². The SMILES string of the molecule is O=S(=O)([O-])CCO.O=S(=O)([O-])CCO.[Ca+2]. The van der Waals surface area contributed by atoms with Gasteiger partial charge in [0.2, 0.25) is 0 Å². The van der Waals surface area contributed by atoms with Gasteiger partial charge in [0.1, 0.15) is 0 Å². The van der Waals surface area contributed by atoms with Gasteiger partial charge < -0.3 is 19.3 Å². The zero-order valence-electron chi connectivity index (χ0n) is 7.70.